The van der Waals surface area contributed by atoms with Crippen molar-refractivity contribution < 1.29 is 29.1 Å². The summed E-state index contributed by atoms with van der Waals surface area (Å²) >= 11 is 3.38. The number of carbonyl (C=O) groups excluding carboxylic acids is 1. The molecule has 3 aliphatic heterocycles. The molecule has 9 nitrogen and oxygen atoms in total. The fourth-order valence-electron chi connectivity index (χ4n) is 5.62. The number of hydrogen-bond donors (Lipinski definition) is 3. The second kappa shape index (κ2) is 8.94. The minimum Gasteiger partial charge on any atom is -0.477 e. The van der Waals surface area contributed by atoms with E-state index in [1.807, 2.05) is 6.92 Å². The van der Waals surface area contributed by atoms with Crippen molar-refractivity contribution in [3.8, 4) is 0 Å². The predicted molar refractivity (Wildman–Crippen MR) is 128 cm³/mol. The van der Waals surface area contributed by atoms with Crippen LogP contribution < -0.4 is 9.88 Å². The Kier molecular flexibility index (Phi) is 6.26. The standard InChI is InChI=1S/C23H30N4O5S2/c1-11-19-18(12(2)28)22(29)27(19)20(23(30)31)21(11)34-15-5-14(24-7-15)6-16-8-26-13(3)25(10-32-4)9-17(26)33-16/h8-9,11-12,14-15,18-19,24,28H,5-7,10H2,1-4H3/p+1/t11-,12-,14+,15+,18-,19-/m1/s1. The maximum absolute atomic E-state index is 12.6. The molecule has 5 rings (SSSR count). The van der Waals surface area contributed by atoms with E-state index in [1.165, 1.54) is 14.6 Å². The second-order valence-corrected chi connectivity index (χ2v) is 12.0. The van der Waals surface area contributed by atoms with Crippen molar-refractivity contribution in [3.63, 3.8) is 0 Å². The molecule has 6 atom stereocenters. The van der Waals surface area contributed by atoms with E-state index < -0.39 is 18.0 Å². The number of nitrogens with zero attached hydrogens (tertiary/aromatic N) is 3. The number of β-lactam (4-membered cyclic amide) rings is 1. The van der Waals surface area contributed by atoms with Gasteiger partial charge in [0, 0.05) is 54.0 Å². The average Bonchev–Trinajstić information content (AvgIpc) is 3.49. The van der Waals surface area contributed by atoms with Crippen LogP contribution in [0.1, 0.15) is 31.0 Å². The molecule has 2 fully saturated rings. The van der Waals surface area contributed by atoms with Gasteiger partial charge in [0.05, 0.1) is 18.1 Å². The maximum atomic E-state index is 12.6. The van der Waals surface area contributed by atoms with E-state index in [0.29, 0.717) is 12.8 Å². The third-order valence-electron chi connectivity index (χ3n) is 7.28. The van der Waals surface area contributed by atoms with Gasteiger partial charge in [-0.25, -0.2) is 9.36 Å². The van der Waals surface area contributed by atoms with Crippen LogP contribution in [0.3, 0.4) is 0 Å². The van der Waals surface area contributed by atoms with E-state index in [4.69, 9.17) is 4.74 Å². The number of rotatable bonds is 8. The molecule has 0 spiro atoms. The molecule has 3 aliphatic rings. The summed E-state index contributed by atoms with van der Waals surface area (Å²) in [5, 5.41) is 23.7. The molecule has 0 bridgehead atoms. The van der Waals surface area contributed by atoms with Gasteiger partial charge in [-0.15, -0.1) is 11.8 Å². The number of methoxy groups -OCH3 is 1. The van der Waals surface area contributed by atoms with Crippen LogP contribution in [0.25, 0.3) is 4.83 Å². The Morgan fingerprint density at radius 3 is 2.88 bits per heavy atom. The number of nitrogens with one attached hydrogen (secondary N) is 1. The summed E-state index contributed by atoms with van der Waals surface area (Å²) < 4.78 is 9.53. The average molecular weight is 508 g/mol. The molecule has 5 heterocycles. The molecule has 0 saturated carbocycles. The van der Waals surface area contributed by atoms with Gasteiger partial charge >= 0.3 is 5.97 Å². The first-order valence-electron chi connectivity index (χ1n) is 11.6. The molecule has 0 radical (unpaired) electrons. The summed E-state index contributed by atoms with van der Waals surface area (Å²) in [7, 11) is 1.69. The van der Waals surface area contributed by atoms with E-state index in [-0.39, 0.29) is 28.8 Å². The first-order chi connectivity index (χ1) is 16.2. The van der Waals surface area contributed by atoms with E-state index in [1.54, 1.807) is 37.1 Å². The molecule has 1 amide bonds. The number of fused-ring (bicyclic) bond motifs is 2. The van der Waals surface area contributed by atoms with Crippen molar-refractivity contribution in [3.05, 3.63) is 33.7 Å². The van der Waals surface area contributed by atoms with Gasteiger partial charge in [-0.2, -0.15) is 4.40 Å². The van der Waals surface area contributed by atoms with E-state index in [0.717, 1.165) is 30.1 Å². The summed E-state index contributed by atoms with van der Waals surface area (Å²) in [6.07, 6.45) is 5.38. The number of thiazole rings is 1. The van der Waals surface area contributed by atoms with Gasteiger partial charge in [-0.1, -0.05) is 18.3 Å². The number of aryl methyl sites for hydroxylation is 1. The van der Waals surface area contributed by atoms with Crippen LogP contribution in [0.15, 0.2) is 23.0 Å². The van der Waals surface area contributed by atoms with Crippen LogP contribution in [0.4, 0.5) is 0 Å². The van der Waals surface area contributed by atoms with Gasteiger partial charge in [-0.05, 0) is 13.3 Å². The van der Waals surface area contributed by atoms with Crippen LogP contribution >= 0.6 is 23.1 Å². The summed E-state index contributed by atoms with van der Waals surface area (Å²) in [5.74, 6) is -0.823. The number of aliphatic hydroxyl groups is 1. The highest BCUT2D eigenvalue weighted by Gasteiger charge is 2.60. The lowest BCUT2D eigenvalue weighted by molar-refractivity contribution is -0.735. The van der Waals surface area contributed by atoms with E-state index in [2.05, 4.69) is 33.6 Å². The number of carboxylic acids is 1. The van der Waals surface area contributed by atoms with Crippen molar-refractivity contribution >= 4 is 39.8 Å². The van der Waals surface area contributed by atoms with Gasteiger partial charge in [0.2, 0.25) is 10.7 Å². The zero-order valence-corrected chi connectivity index (χ0v) is 21.4. The number of amides is 1. The predicted octanol–water partition coefficient (Wildman–Crippen LogP) is 1.36. The summed E-state index contributed by atoms with van der Waals surface area (Å²) in [5.41, 5.74) is 0.112. The van der Waals surface area contributed by atoms with Crippen molar-refractivity contribution in [1.82, 2.24) is 14.6 Å². The fourth-order valence-corrected chi connectivity index (χ4v) is 8.31. The molecular formula is C23H31N4O5S2+. The molecule has 2 aromatic heterocycles. The highest BCUT2D eigenvalue weighted by atomic mass is 32.2. The van der Waals surface area contributed by atoms with Gasteiger partial charge in [-0.3, -0.25) is 4.79 Å². The smallest absolute Gasteiger partial charge is 0.353 e. The number of hydrogen-bond acceptors (Lipinski definition) is 7. The van der Waals surface area contributed by atoms with Gasteiger partial charge < -0.3 is 25.2 Å². The number of carbonyl (C=O) groups is 2. The molecule has 34 heavy (non-hydrogen) atoms. The van der Waals surface area contributed by atoms with Crippen LogP contribution in [0.2, 0.25) is 0 Å². The second-order valence-electron chi connectivity index (χ2n) is 9.53. The normalized spacial score (nSPS) is 29.7. The monoisotopic (exact) mass is 507 g/mol. The van der Waals surface area contributed by atoms with Crippen LogP contribution in [-0.2, 0) is 27.5 Å². The van der Waals surface area contributed by atoms with Crippen molar-refractivity contribution in [1.29, 1.82) is 0 Å². The largest absolute Gasteiger partial charge is 0.477 e. The number of carboxylic acid groups (broad SMARTS) is 1. The van der Waals surface area contributed by atoms with Crippen LogP contribution in [0, 0.1) is 18.8 Å². The lowest BCUT2D eigenvalue weighted by Gasteiger charge is -2.46. The molecule has 184 valence electrons. The molecule has 0 aliphatic carbocycles. The lowest BCUT2D eigenvalue weighted by Crippen LogP contribution is -2.63. The van der Waals surface area contributed by atoms with E-state index in [9.17, 15) is 19.8 Å². The van der Waals surface area contributed by atoms with Gasteiger partial charge in [0.1, 0.15) is 11.9 Å². The molecule has 0 unspecified atom stereocenters. The lowest BCUT2D eigenvalue weighted by atomic mass is 9.79. The Morgan fingerprint density at radius 1 is 1.47 bits per heavy atom. The SMILES string of the molecule is COC[n+]1cc2sc(C[C@@H]3C[C@H](SC4=C(C(=O)O)N5C(=O)[C@H]([C@@H](C)O)[C@H]5[C@H]4C)CN3)cn2c1C. The first kappa shape index (κ1) is 23.8. The molecular weight excluding hydrogens is 476 g/mol. The fraction of sp³-hybridized carbons (Fsp3) is 0.609. The maximum Gasteiger partial charge on any atom is 0.353 e. The number of aliphatic carboxylic acids is 1. The summed E-state index contributed by atoms with van der Waals surface area (Å²) in [4.78, 5) is 29.3. The molecule has 2 saturated heterocycles. The zero-order chi connectivity index (χ0) is 24.3. The van der Waals surface area contributed by atoms with Crippen molar-refractivity contribution in [2.75, 3.05) is 13.7 Å². The third kappa shape index (κ3) is 3.78. The highest BCUT2D eigenvalue weighted by molar-refractivity contribution is 8.03. The molecule has 0 aromatic carbocycles. The molecule has 2 aromatic rings. The number of aromatic nitrogens is 2. The summed E-state index contributed by atoms with van der Waals surface area (Å²) in [6.45, 7) is 7.00. The Labute approximate surface area is 206 Å². The highest BCUT2D eigenvalue weighted by Crippen LogP contribution is 2.51. The minimum absolute atomic E-state index is 0.0896. The minimum atomic E-state index is -1.06. The number of ether oxygens (including phenoxy) is 1. The Balaban J connectivity index is 1.26. The van der Waals surface area contributed by atoms with E-state index >= 15 is 0 Å². The van der Waals surface area contributed by atoms with Crippen LogP contribution in [0.5, 0.6) is 0 Å². The van der Waals surface area contributed by atoms with Crippen molar-refractivity contribution in [2.45, 2.75) is 63.8 Å². The molecule has 3 N–H and O–H groups in total. The Bertz CT molecular complexity index is 1170. The third-order valence-corrected chi connectivity index (χ3v) is 9.84. The Morgan fingerprint density at radius 2 is 2.24 bits per heavy atom. The molecule has 11 heteroatoms. The van der Waals surface area contributed by atoms with Crippen molar-refractivity contribution in [2.24, 2.45) is 11.8 Å². The quantitative estimate of drug-likeness (QED) is 0.366. The number of thioether (sulfide) groups is 1. The van der Waals surface area contributed by atoms with Gasteiger partial charge in [0.15, 0.2) is 12.9 Å². The van der Waals surface area contributed by atoms with Gasteiger partial charge in [0.25, 0.3) is 5.82 Å². The number of aliphatic hydroxyl groups excluding tert-OH is 1. The Hall–Kier alpha value is -1.92. The zero-order valence-electron chi connectivity index (χ0n) is 19.7. The summed E-state index contributed by atoms with van der Waals surface area (Å²) in [6, 6.07) is 0.0620. The topological polar surface area (TPSA) is 107 Å². The first-order valence-corrected chi connectivity index (χ1v) is 13.3. The van der Waals surface area contributed by atoms with Crippen LogP contribution in [-0.4, -0.2) is 68.5 Å². The number of imidazole rings is 1.